The lowest BCUT2D eigenvalue weighted by molar-refractivity contribution is 1.29. The van der Waals surface area contributed by atoms with E-state index in [4.69, 9.17) is 10.5 Å². The van der Waals surface area contributed by atoms with Crippen molar-refractivity contribution in [3.05, 3.63) is 29.6 Å². The van der Waals surface area contributed by atoms with Gasteiger partial charge in [0, 0.05) is 18.0 Å². The quantitative estimate of drug-likeness (QED) is 0.546. The van der Waals surface area contributed by atoms with Crippen LogP contribution in [0.1, 0.15) is 17.5 Å². The number of hydrogen-bond acceptors (Lipinski definition) is 3. The van der Waals surface area contributed by atoms with Gasteiger partial charge in [0.2, 0.25) is 0 Å². The summed E-state index contributed by atoms with van der Waals surface area (Å²) < 4.78 is 0. The van der Waals surface area contributed by atoms with E-state index >= 15 is 0 Å². The first-order valence-corrected chi connectivity index (χ1v) is 3.58. The molecule has 0 amide bonds. The molecular formula is C10H5N3. The third-order valence-corrected chi connectivity index (χ3v) is 1.27. The fourth-order valence-electron chi connectivity index (χ4n) is 0.755. The standard InChI is InChI=1S/C10H5N3/c11-4-2-1-3-9-5-10(6-12)8-13-7-9/h5,7-8H,2H2. The van der Waals surface area contributed by atoms with Gasteiger partial charge < -0.3 is 0 Å². The maximum absolute atomic E-state index is 8.54. The summed E-state index contributed by atoms with van der Waals surface area (Å²) in [5.74, 6) is 5.38. The summed E-state index contributed by atoms with van der Waals surface area (Å²) in [5, 5.41) is 16.8. The van der Waals surface area contributed by atoms with Crippen LogP contribution in [0.15, 0.2) is 18.5 Å². The maximum atomic E-state index is 8.54. The van der Waals surface area contributed by atoms with Gasteiger partial charge in [-0.05, 0) is 6.07 Å². The second-order valence-electron chi connectivity index (χ2n) is 2.21. The monoisotopic (exact) mass is 167 g/mol. The molecule has 0 N–H and O–H groups in total. The topological polar surface area (TPSA) is 60.5 Å². The Labute approximate surface area is 76.3 Å². The van der Waals surface area contributed by atoms with Crippen molar-refractivity contribution in [1.29, 1.82) is 10.5 Å². The molecule has 0 aliphatic rings. The summed E-state index contributed by atoms with van der Waals surface area (Å²) in [6.07, 6.45) is 3.22. The number of hydrogen-bond donors (Lipinski definition) is 0. The minimum atomic E-state index is 0.191. The van der Waals surface area contributed by atoms with Crippen molar-refractivity contribution in [3.8, 4) is 24.0 Å². The van der Waals surface area contributed by atoms with Crippen LogP contribution in [0.2, 0.25) is 0 Å². The van der Waals surface area contributed by atoms with Crippen LogP contribution in [0.5, 0.6) is 0 Å². The zero-order valence-electron chi connectivity index (χ0n) is 6.78. The van der Waals surface area contributed by atoms with Crippen LogP contribution >= 0.6 is 0 Å². The molecule has 0 unspecified atom stereocenters. The van der Waals surface area contributed by atoms with Crippen LogP contribution in [0, 0.1) is 34.5 Å². The lowest BCUT2D eigenvalue weighted by atomic mass is 10.2. The molecule has 0 bridgehead atoms. The van der Waals surface area contributed by atoms with E-state index in [1.54, 1.807) is 12.3 Å². The SMILES string of the molecule is N#CCC#Cc1cncc(C#N)c1. The van der Waals surface area contributed by atoms with E-state index in [1.165, 1.54) is 6.20 Å². The summed E-state index contributed by atoms with van der Waals surface area (Å²) in [7, 11) is 0. The molecule has 60 valence electrons. The van der Waals surface area contributed by atoms with Crippen LogP contribution in [-0.2, 0) is 0 Å². The number of nitriles is 2. The number of nitrogens with zero attached hydrogens (tertiary/aromatic N) is 3. The summed E-state index contributed by atoms with van der Waals surface area (Å²) in [6, 6.07) is 5.51. The predicted molar refractivity (Wildman–Crippen MR) is 46.1 cm³/mol. The lowest BCUT2D eigenvalue weighted by Crippen LogP contribution is -1.81. The van der Waals surface area contributed by atoms with Crippen molar-refractivity contribution >= 4 is 0 Å². The third kappa shape index (κ3) is 2.66. The molecule has 0 radical (unpaired) electrons. The minimum Gasteiger partial charge on any atom is -0.262 e. The van der Waals surface area contributed by atoms with E-state index in [9.17, 15) is 0 Å². The Morgan fingerprint density at radius 2 is 2.00 bits per heavy atom. The van der Waals surface area contributed by atoms with Gasteiger partial charge in [-0.15, -0.1) is 0 Å². The number of pyridine rings is 1. The molecule has 0 fully saturated rings. The molecule has 0 saturated carbocycles. The van der Waals surface area contributed by atoms with Crippen LogP contribution < -0.4 is 0 Å². The molecule has 0 atom stereocenters. The van der Waals surface area contributed by atoms with Crippen LogP contribution in [-0.4, -0.2) is 4.98 Å². The summed E-state index contributed by atoms with van der Waals surface area (Å²) in [6.45, 7) is 0. The van der Waals surface area contributed by atoms with Crippen molar-refractivity contribution in [2.75, 3.05) is 0 Å². The molecule has 0 aliphatic heterocycles. The van der Waals surface area contributed by atoms with Gasteiger partial charge >= 0.3 is 0 Å². The molecule has 0 saturated heterocycles. The van der Waals surface area contributed by atoms with Gasteiger partial charge in [0.1, 0.15) is 6.07 Å². The normalized spacial score (nSPS) is 7.54. The lowest BCUT2D eigenvalue weighted by Gasteiger charge is -1.88. The van der Waals surface area contributed by atoms with Gasteiger partial charge in [-0.3, -0.25) is 4.98 Å². The fraction of sp³-hybridized carbons (Fsp3) is 0.100. The Kier molecular flexibility index (Phi) is 3.07. The van der Waals surface area contributed by atoms with Gasteiger partial charge in [0.25, 0.3) is 0 Å². The summed E-state index contributed by atoms with van der Waals surface area (Å²) in [4.78, 5) is 3.83. The van der Waals surface area contributed by atoms with Crippen LogP contribution in [0.25, 0.3) is 0 Å². The van der Waals surface area contributed by atoms with E-state index < -0.39 is 0 Å². The molecule has 1 aromatic heterocycles. The van der Waals surface area contributed by atoms with Gasteiger partial charge in [0.05, 0.1) is 18.1 Å². The van der Waals surface area contributed by atoms with Crippen molar-refractivity contribution in [2.24, 2.45) is 0 Å². The second-order valence-corrected chi connectivity index (χ2v) is 2.21. The van der Waals surface area contributed by atoms with Crippen molar-refractivity contribution < 1.29 is 0 Å². The largest absolute Gasteiger partial charge is 0.262 e. The van der Waals surface area contributed by atoms with E-state index in [0.717, 1.165) is 0 Å². The molecule has 1 heterocycles. The minimum absolute atomic E-state index is 0.191. The van der Waals surface area contributed by atoms with E-state index in [-0.39, 0.29) is 6.42 Å². The Morgan fingerprint density at radius 3 is 2.69 bits per heavy atom. The van der Waals surface area contributed by atoms with Crippen LogP contribution in [0.3, 0.4) is 0 Å². The first-order chi connectivity index (χ1) is 6.36. The number of aromatic nitrogens is 1. The fourth-order valence-corrected chi connectivity index (χ4v) is 0.755. The first-order valence-electron chi connectivity index (χ1n) is 3.58. The summed E-state index contributed by atoms with van der Waals surface area (Å²) in [5.41, 5.74) is 1.14. The van der Waals surface area contributed by atoms with Gasteiger partial charge in [0.15, 0.2) is 0 Å². The molecule has 3 heteroatoms. The highest BCUT2D eigenvalue weighted by atomic mass is 14.6. The molecule has 0 aromatic carbocycles. The van der Waals surface area contributed by atoms with Crippen molar-refractivity contribution in [3.63, 3.8) is 0 Å². The molecule has 1 aromatic rings. The highest BCUT2D eigenvalue weighted by Crippen LogP contribution is 1.98. The molecule has 0 aliphatic carbocycles. The van der Waals surface area contributed by atoms with Gasteiger partial charge in [-0.25, -0.2) is 0 Å². The Hall–Kier alpha value is -2.31. The van der Waals surface area contributed by atoms with E-state index in [1.807, 2.05) is 12.1 Å². The zero-order valence-corrected chi connectivity index (χ0v) is 6.78. The highest BCUT2D eigenvalue weighted by Gasteiger charge is 1.90. The Morgan fingerprint density at radius 1 is 1.23 bits per heavy atom. The van der Waals surface area contributed by atoms with Crippen molar-refractivity contribution in [2.45, 2.75) is 6.42 Å². The molecule has 3 nitrogen and oxygen atoms in total. The molecular weight excluding hydrogens is 162 g/mol. The van der Waals surface area contributed by atoms with E-state index in [2.05, 4.69) is 16.8 Å². The third-order valence-electron chi connectivity index (χ3n) is 1.27. The Bertz CT molecular complexity index is 438. The zero-order chi connectivity index (χ0) is 9.52. The van der Waals surface area contributed by atoms with Gasteiger partial charge in [-0.1, -0.05) is 11.8 Å². The summed E-state index contributed by atoms with van der Waals surface area (Å²) >= 11 is 0. The van der Waals surface area contributed by atoms with Gasteiger partial charge in [-0.2, -0.15) is 10.5 Å². The van der Waals surface area contributed by atoms with Crippen molar-refractivity contribution in [1.82, 2.24) is 4.98 Å². The number of rotatable bonds is 0. The maximum Gasteiger partial charge on any atom is 0.101 e. The second kappa shape index (κ2) is 4.54. The Balaban J connectivity index is 2.88. The van der Waals surface area contributed by atoms with E-state index in [0.29, 0.717) is 11.1 Å². The van der Waals surface area contributed by atoms with Crippen LogP contribution in [0.4, 0.5) is 0 Å². The average molecular weight is 167 g/mol. The smallest absolute Gasteiger partial charge is 0.101 e. The predicted octanol–water partition coefficient (Wildman–Crippen LogP) is 1.22. The first kappa shape index (κ1) is 8.78. The highest BCUT2D eigenvalue weighted by molar-refractivity contribution is 5.38. The molecule has 0 spiro atoms. The molecule has 1 rings (SSSR count). The average Bonchev–Trinajstić information content (AvgIpc) is 2.19. The molecule has 13 heavy (non-hydrogen) atoms.